The summed E-state index contributed by atoms with van der Waals surface area (Å²) in [5.74, 6) is -1.49. The number of carbonyl (C=O) groups excluding carboxylic acids is 4. The average molecular weight is 554 g/mol. The number of amides is 4. The lowest BCUT2D eigenvalue weighted by molar-refractivity contribution is -0.136. The highest BCUT2D eigenvalue weighted by Crippen LogP contribution is 2.34. The highest BCUT2D eigenvalue weighted by molar-refractivity contribution is 7.99. The van der Waals surface area contributed by atoms with Crippen LogP contribution < -0.4 is 11.1 Å². The van der Waals surface area contributed by atoms with Gasteiger partial charge < -0.3 is 29.4 Å². The maximum Gasteiger partial charge on any atom is 0.263 e. The van der Waals surface area contributed by atoms with Gasteiger partial charge in [0.05, 0.1) is 77.2 Å². The number of hydrogen-bond acceptors (Lipinski definition) is 11. The lowest BCUT2D eigenvalue weighted by Crippen LogP contribution is -2.54. The molecule has 210 valence electrons. The summed E-state index contributed by atoms with van der Waals surface area (Å²) >= 11 is 1.40. The number of carbonyl (C=O) groups is 4. The van der Waals surface area contributed by atoms with E-state index >= 15 is 0 Å². The second-order valence-electron chi connectivity index (χ2n) is 8.32. The minimum atomic E-state index is -0.980. The summed E-state index contributed by atoms with van der Waals surface area (Å²) in [4.78, 5) is 51.3. The molecule has 3 rings (SSSR count). The lowest BCUT2D eigenvalue weighted by Gasteiger charge is -2.27. The Morgan fingerprint density at radius 2 is 1.39 bits per heavy atom. The number of benzene rings is 1. The first-order valence-corrected chi connectivity index (χ1v) is 13.6. The van der Waals surface area contributed by atoms with E-state index in [0.717, 1.165) is 4.90 Å². The van der Waals surface area contributed by atoms with E-state index in [1.807, 2.05) is 0 Å². The van der Waals surface area contributed by atoms with Crippen molar-refractivity contribution in [3.8, 4) is 0 Å². The molecule has 1 unspecified atom stereocenters. The number of piperidine rings is 1. The molecule has 1 saturated heterocycles. The van der Waals surface area contributed by atoms with E-state index in [2.05, 4.69) is 5.32 Å². The molecule has 38 heavy (non-hydrogen) atoms. The number of hydrogen-bond donors (Lipinski definition) is 2. The number of rotatable bonds is 19. The van der Waals surface area contributed by atoms with Gasteiger partial charge in [-0.05, 0) is 18.6 Å². The molecule has 0 radical (unpaired) electrons. The van der Waals surface area contributed by atoms with E-state index in [4.69, 9.17) is 29.4 Å². The third-order valence-corrected chi connectivity index (χ3v) is 6.69. The summed E-state index contributed by atoms with van der Waals surface area (Å²) in [5.41, 5.74) is 5.88. The Labute approximate surface area is 225 Å². The van der Waals surface area contributed by atoms with Gasteiger partial charge in [-0.15, -0.1) is 11.8 Å². The maximum atomic E-state index is 13.1. The van der Waals surface area contributed by atoms with Crippen LogP contribution in [0.25, 0.3) is 0 Å². The number of nitrogens with two attached hydrogens (primary N) is 1. The van der Waals surface area contributed by atoms with Crippen molar-refractivity contribution in [2.45, 2.75) is 23.8 Å². The molecular formula is C25H35N3O9S. The molecule has 0 aliphatic carbocycles. The largest absolute Gasteiger partial charge is 0.378 e. The summed E-state index contributed by atoms with van der Waals surface area (Å²) in [6.07, 6.45) is 0.210. The highest BCUT2D eigenvalue weighted by atomic mass is 32.2. The number of fused-ring (bicyclic) bond motifs is 1. The van der Waals surface area contributed by atoms with Crippen molar-refractivity contribution in [1.29, 1.82) is 0 Å². The van der Waals surface area contributed by atoms with Gasteiger partial charge in [0, 0.05) is 23.6 Å². The van der Waals surface area contributed by atoms with Crippen molar-refractivity contribution >= 4 is 35.4 Å². The molecule has 4 amide bonds. The Balaban J connectivity index is 1.26. The van der Waals surface area contributed by atoms with E-state index < -0.39 is 29.7 Å². The summed E-state index contributed by atoms with van der Waals surface area (Å²) in [6.45, 7) is 5.23. The molecule has 0 saturated carbocycles. The number of imide groups is 2. The van der Waals surface area contributed by atoms with Gasteiger partial charge in [-0.25, -0.2) is 0 Å². The van der Waals surface area contributed by atoms with Crippen LogP contribution in [0.5, 0.6) is 0 Å². The second-order valence-corrected chi connectivity index (χ2v) is 9.46. The molecule has 1 atom stereocenters. The van der Waals surface area contributed by atoms with Crippen LogP contribution in [0.2, 0.25) is 0 Å². The SMILES string of the molecule is NCCOCCOCCOCCOCCOCCSc1cccc2c1C(=O)N(C1CCC(=O)NC1=O)C2=O. The van der Waals surface area contributed by atoms with Gasteiger partial charge in [-0.1, -0.05) is 6.07 Å². The van der Waals surface area contributed by atoms with Crippen LogP contribution >= 0.6 is 11.8 Å². The summed E-state index contributed by atoms with van der Waals surface area (Å²) < 4.78 is 27.0. The van der Waals surface area contributed by atoms with Gasteiger partial charge in [0.25, 0.3) is 11.8 Å². The van der Waals surface area contributed by atoms with Gasteiger partial charge in [-0.3, -0.25) is 29.4 Å². The predicted octanol–water partition coefficient (Wildman–Crippen LogP) is 0.222. The van der Waals surface area contributed by atoms with Crippen LogP contribution in [0.1, 0.15) is 33.6 Å². The zero-order chi connectivity index (χ0) is 27.2. The zero-order valence-electron chi connectivity index (χ0n) is 21.3. The number of thioether (sulfide) groups is 1. The summed E-state index contributed by atoms with van der Waals surface area (Å²) in [7, 11) is 0. The smallest absolute Gasteiger partial charge is 0.263 e. The third kappa shape index (κ3) is 8.83. The number of nitrogens with zero attached hydrogens (tertiary/aromatic N) is 1. The molecule has 2 aliphatic rings. The molecule has 1 aromatic carbocycles. The molecule has 1 fully saturated rings. The molecule has 0 spiro atoms. The van der Waals surface area contributed by atoms with E-state index in [0.29, 0.717) is 88.8 Å². The van der Waals surface area contributed by atoms with Gasteiger partial charge >= 0.3 is 0 Å². The first-order chi connectivity index (χ1) is 18.5. The monoisotopic (exact) mass is 553 g/mol. The zero-order valence-corrected chi connectivity index (χ0v) is 22.1. The molecule has 0 aromatic heterocycles. The Morgan fingerprint density at radius 1 is 0.816 bits per heavy atom. The molecule has 1 aromatic rings. The quantitative estimate of drug-likeness (QED) is 0.137. The average Bonchev–Trinajstić information content (AvgIpc) is 3.16. The van der Waals surface area contributed by atoms with Crippen molar-refractivity contribution in [3.63, 3.8) is 0 Å². The molecule has 13 heteroatoms. The van der Waals surface area contributed by atoms with Gasteiger partial charge in [-0.2, -0.15) is 0 Å². The van der Waals surface area contributed by atoms with Crippen LogP contribution in [0.15, 0.2) is 23.1 Å². The molecule has 0 bridgehead atoms. The topological polar surface area (TPSA) is 156 Å². The van der Waals surface area contributed by atoms with Crippen molar-refractivity contribution in [3.05, 3.63) is 29.3 Å². The van der Waals surface area contributed by atoms with Crippen LogP contribution in [0.3, 0.4) is 0 Å². The van der Waals surface area contributed by atoms with Gasteiger partial charge in [0.15, 0.2) is 0 Å². The molecule has 2 heterocycles. The van der Waals surface area contributed by atoms with Crippen LogP contribution in [-0.2, 0) is 33.3 Å². The maximum absolute atomic E-state index is 13.1. The van der Waals surface area contributed by atoms with Crippen molar-refractivity contribution in [2.75, 3.05) is 78.4 Å². The van der Waals surface area contributed by atoms with E-state index in [-0.39, 0.29) is 18.4 Å². The molecular weight excluding hydrogens is 518 g/mol. The molecule has 12 nitrogen and oxygen atoms in total. The van der Waals surface area contributed by atoms with E-state index in [1.165, 1.54) is 11.8 Å². The van der Waals surface area contributed by atoms with E-state index in [1.54, 1.807) is 18.2 Å². The highest BCUT2D eigenvalue weighted by Gasteiger charge is 2.45. The van der Waals surface area contributed by atoms with Crippen molar-refractivity contribution < 1.29 is 42.9 Å². The first-order valence-electron chi connectivity index (χ1n) is 12.6. The number of nitrogens with one attached hydrogen (secondary N) is 1. The fraction of sp³-hybridized carbons (Fsp3) is 0.600. The van der Waals surface area contributed by atoms with Crippen LogP contribution in [0, 0.1) is 0 Å². The summed E-state index contributed by atoms with van der Waals surface area (Å²) in [6, 6.07) is 4.08. The Bertz CT molecular complexity index is 962. The number of ether oxygens (including phenoxy) is 5. The Kier molecular flexibility index (Phi) is 13.1. The second kappa shape index (κ2) is 16.5. The summed E-state index contributed by atoms with van der Waals surface area (Å²) in [5, 5.41) is 2.20. The standard InChI is InChI=1S/C25H35N3O9S/c26-6-7-33-8-9-34-10-11-35-12-13-36-14-15-37-16-17-38-20-3-1-2-18-22(20)25(32)28(24(18)31)19-4-5-21(29)27-23(19)30/h1-3,19H,4-17,26H2,(H,27,29,30). The van der Waals surface area contributed by atoms with Crippen molar-refractivity contribution in [2.24, 2.45) is 5.73 Å². The Hall–Kier alpha value is -2.39. The third-order valence-electron chi connectivity index (χ3n) is 5.67. The van der Waals surface area contributed by atoms with Gasteiger partial charge in [0.2, 0.25) is 11.8 Å². The lowest BCUT2D eigenvalue weighted by atomic mass is 10.0. The fourth-order valence-corrected chi connectivity index (χ4v) is 4.82. The Morgan fingerprint density at radius 3 is 1.97 bits per heavy atom. The normalized spacial score (nSPS) is 17.3. The van der Waals surface area contributed by atoms with Crippen LogP contribution in [-0.4, -0.2) is 113 Å². The van der Waals surface area contributed by atoms with E-state index in [9.17, 15) is 19.2 Å². The fourth-order valence-electron chi connectivity index (χ4n) is 3.88. The minimum absolute atomic E-state index is 0.0842. The van der Waals surface area contributed by atoms with Gasteiger partial charge in [0.1, 0.15) is 6.04 Å². The van der Waals surface area contributed by atoms with Crippen molar-refractivity contribution in [1.82, 2.24) is 10.2 Å². The predicted molar refractivity (Wildman–Crippen MR) is 137 cm³/mol. The first kappa shape index (κ1) is 30.2. The van der Waals surface area contributed by atoms with Crippen LogP contribution in [0.4, 0.5) is 0 Å². The minimum Gasteiger partial charge on any atom is -0.378 e. The molecule has 2 aliphatic heterocycles. The molecule has 3 N–H and O–H groups in total.